The Hall–Kier alpha value is -0.610. The fraction of sp³-hybridized carbons (Fsp3) is 0.923. The Morgan fingerprint density at radius 2 is 2.12 bits per heavy atom. The fourth-order valence-corrected chi connectivity index (χ4v) is 2.86. The third kappa shape index (κ3) is 4.28. The largest absolute Gasteiger partial charge is 0.388 e. The van der Waals surface area contributed by atoms with Gasteiger partial charge in [0, 0.05) is 31.6 Å². The van der Waals surface area contributed by atoms with E-state index in [1.165, 1.54) is 19.4 Å². The maximum absolute atomic E-state index is 7.50. The normalized spacial score (nSPS) is 25.5. The van der Waals surface area contributed by atoms with Gasteiger partial charge < -0.3 is 10.6 Å². The van der Waals surface area contributed by atoms with Gasteiger partial charge >= 0.3 is 0 Å². The highest BCUT2D eigenvalue weighted by molar-refractivity contribution is 5.77. The van der Waals surface area contributed by atoms with Crippen LogP contribution < -0.4 is 5.73 Å². The number of nitrogens with two attached hydrogens (primary N) is 1. The van der Waals surface area contributed by atoms with Crippen molar-refractivity contribution in [2.24, 2.45) is 5.73 Å². The zero-order valence-electron chi connectivity index (χ0n) is 11.6. The molecule has 1 fully saturated rings. The average molecular weight is 240 g/mol. The Labute approximate surface area is 106 Å². The lowest BCUT2D eigenvalue weighted by molar-refractivity contribution is 0.127. The molecule has 100 valence electrons. The van der Waals surface area contributed by atoms with Crippen LogP contribution in [0.15, 0.2) is 0 Å². The van der Waals surface area contributed by atoms with Gasteiger partial charge in [-0.05, 0) is 32.9 Å². The molecule has 0 spiro atoms. The van der Waals surface area contributed by atoms with Crippen LogP contribution in [0.2, 0.25) is 0 Å². The molecule has 1 saturated heterocycles. The zero-order chi connectivity index (χ0) is 12.8. The first-order valence-corrected chi connectivity index (χ1v) is 6.85. The molecule has 0 saturated carbocycles. The molecule has 1 rings (SSSR count). The van der Waals surface area contributed by atoms with E-state index in [-0.39, 0.29) is 0 Å². The molecule has 4 nitrogen and oxygen atoms in total. The van der Waals surface area contributed by atoms with Gasteiger partial charge in [-0.1, -0.05) is 13.8 Å². The van der Waals surface area contributed by atoms with Crippen LogP contribution in [-0.4, -0.2) is 54.4 Å². The van der Waals surface area contributed by atoms with Crippen molar-refractivity contribution in [3.05, 3.63) is 0 Å². The van der Waals surface area contributed by atoms with Crippen molar-refractivity contribution in [1.29, 1.82) is 5.41 Å². The molecule has 0 bridgehead atoms. The monoisotopic (exact) mass is 240 g/mol. The third-order valence-corrected chi connectivity index (χ3v) is 3.81. The van der Waals surface area contributed by atoms with Gasteiger partial charge in [-0.2, -0.15) is 0 Å². The van der Waals surface area contributed by atoms with E-state index in [1.54, 1.807) is 0 Å². The first-order valence-electron chi connectivity index (χ1n) is 6.85. The minimum Gasteiger partial charge on any atom is -0.388 e. The quantitative estimate of drug-likeness (QED) is 0.566. The average Bonchev–Trinajstić information content (AvgIpc) is 2.47. The Morgan fingerprint density at radius 3 is 2.65 bits per heavy atom. The van der Waals surface area contributed by atoms with Gasteiger partial charge in [0.2, 0.25) is 0 Å². The predicted octanol–water partition coefficient (Wildman–Crippen LogP) is 1.51. The van der Waals surface area contributed by atoms with E-state index in [9.17, 15) is 0 Å². The van der Waals surface area contributed by atoms with Crippen LogP contribution in [0.3, 0.4) is 0 Å². The maximum Gasteiger partial charge on any atom is 0.0921 e. The molecule has 2 atom stereocenters. The van der Waals surface area contributed by atoms with E-state index < -0.39 is 0 Å². The van der Waals surface area contributed by atoms with Crippen LogP contribution in [0.25, 0.3) is 0 Å². The standard InChI is InChI=1S/C13H28N4/c1-4-11(9-13(14)15)17-8-6-7-16(3)10-12(17)5-2/h11-12H,4-10H2,1-3H3,(H3,14,15). The number of amidine groups is 1. The van der Waals surface area contributed by atoms with Gasteiger partial charge in [0.05, 0.1) is 5.84 Å². The number of nitrogens with one attached hydrogen (secondary N) is 1. The molecule has 3 N–H and O–H groups in total. The van der Waals surface area contributed by atoms with Crippen molar-refractivity contribution in [2.45, 2.75) is 51.6 Å². The second-order valence-corrected chi connectivity index (χ2v) is 5.21. The summed E-state index contributed by atoms with van der Waals surface area (Å²) in [7, 11) is 2.21. The van der Waals surface area contributed by atoms with Gasteiger partial charge in [0.15, 0.2) is 0 Å². The molecule has 2 unspecified atom stereocenters. The highest BCUT2D eigenvalue weighted by atomic mass is 15.2. The Kier molecular flexibility index (Phi) is 5.92. The summed E-state index contributed by atoms with van der Waals surface area (Å²) >= 11 is 0. The molecule has 0 aromatic carbocycles. The van der Waals surface area contributed by atoms with Crippen LogP contribution in [0, 0.1) is 5.41 Å². The molecule has 0 radical (unpaired) electrons. The highest BCUT2D eigenvalue weighted by Gasteiger charge is 2.27. The van der Waals surface area contributed by atoms with Crippen LogP contribution >= 0.6 is 0 Å². The van der Waals surface area contributed by atoms with Gasteiger partial charge in [-0.3, -0.25) is 10.3 Å². The molecular weight excluding hydrogens is 212 g/mol. The zero-order valence-corrected chi connectivity index (χ0v) is 11.6. The smallest absolute Gasteiger partial charge is 0.0921 e. The topological polar surface area (TPSA) is 56.4 Å². The van der Waals surface area contributed by atoms with Gasteiger partial charge in [0.25, 0.3) is 0 Å². The highest BCUT2D eigenvalue weighted by Crippen LogP contribution is 2.19. The Morgan fingerprint density at radius 1 is 1.41 bits per heavy atom. The summed E-state index contributed by atoms with van der Waals surface area (Å²) in [5, 5.41) is 7.50. The van der Waals surface area contributed by atoms with E-state index in [2.05, 4.69) is 30.7 Å². The van der Waals surface area contributed by atoms with E-state index in [4.69, 9.17) is 11.1 Å². The van der Waals surface area contributed by atoms with E-state index >= 15 is 0 Å². The van der Waals surface area contributed by atoms with Crippen molar-refractivity contribution in [3.63, 3.8) is 0 Å². The number of hydrogen-bond acceptors (Lipinski definition) is 3. The minimum atomic E-state index is 0.323. The fourth-order valence-electron chi connectivity index (χ4n) is 2.86. The second-order valence-electron chi connectivity index (χ2n) is 5.21. The van der Waals surface area contributed by atoms with Crippen LogP contribution in [0.1, 0.15) is 39.5 Å². The summed E-state index contributed by atoms with van der Waals surface area (Å²) in [5.74, 6) is 0.323. The summed E-state index contributed by atoms with van der Waals surface area (Å²) in [5.41, 5.74) is 5.58. The van der Waals surface area contributed by atoms with Crippen molar-refractivity contribution in [2.75, 3.05) is 26.7 Å². The van der Waals surface area contributed by atoms with Crippen LogP contribution in [-0.2, 0) is 0 Å². The van der Waals surface area contributed by atoms with Crippen molar-refractivity contribution < 1.29 is 0 Å². The molecule has 1 aliphatic rings. The molecule has 17 heavy (non-hydrogen) atoms. The first-order chi connectivity index (χ1) is 8.08. The molecule has 0 amide bonds. The summed E-state index contributed by atoms with van der Waals surface area (Å²) < 4.78 is 0. The lowest BCUT2D eigenvalue weighted by atomic mass is 10.0. The van der Waals surface area contributed by atoms with Gasteiger partial charge in [0.1, 0.15) is 0 Å². The summed E-state index contributed by atoms with van der Waals surface area (Å²) in [6.07, 6.45) is 4.21. The molecule has 0 aromatic heterocycles. The van der Waals surface area contributed by atoms with Crippen molar-refractivity contribution >= 4 is 5.84 Å². The molecule has 0 aliphatic carbocycles. The predicted molar refractivity (Wildman–Crippen MR) is 73.5 cm³/mol. The van der Waals surface area contributed by atoms with E-state index in [1.807, 2.05) is 0 Å². The van der Waals surface area contributed by atoms with Crippen molar-refractivity contribution in [1.82, 2.24) is 9.80 Å². The van der Waals surface area contributed by atoms with Crippen molar-refractivity contribution in [3.8, 4) is 0 Å². The first kappa shape index (κ1) is 14.5. The minimum absolute atomic E-state index is 0.323. The van der Waals surface area contributed by atoms with Crippen LogP contribution in [0.4, 0.5) is 0 Å². The number of likely N-dealkylation sites (N-methyl/N-ethyl adjacent to an activating group) is 1. The Balaban J connectivity index is 2.71. The van der Waals surface area contributed by atoms with E-state index in [0.717, 1.165) is 25.9 Å². The maximum atomic E-state index is 7.50. The lowest BCUT2D eigenvalue weighted by Gasteiger charge is -2.36. The second kappa shape index (κ2) is 6.97. The van der Waals surface area contributed by atoms with E-state index in [0.29, 0.717) is 17.9 Å². The molecule has 4 heteroatoms. The number of hydrogen-bond donors (Lipinski definition) is 2. The lowest BCUT2D eigenvalue weighted by Crippen LogP contribution is -2.47. The molecule has 0 aromatic rings. The summed E-state index contributed by atoms with van der Waals surface area (Å²) in [4.78, 5) is 5.01. The summed E-state index contributed by atoms with van der Waals surface area (Å²) in [6, 6.07) is 1.07. The summed E-state index contributed by atoms with van der Waals surface area (Å²) in [6.45, 7) is 7.94. The number of nitrogens with zero attached hydrogens (tertiary/aromatic N) is 2. The van der Waals surface area contributed by atoms with Gasteiger partial charge in [-0.15, -0.1) is 0 Å². The van der Waals surface area contributed by atoms with Crippen LogP contribution in [0.5, 0.6) is 0 Å². The SMILES string of the molecule is CCC(CC(=N)N)N1CCCN(C)CC1CC. The molecule has 1 aliphatic heterocycles. The Bertz CT molecular complexity index is 242. The molecular formula is C13H28N4. The van der Waals surface area contributed by atoms with Gasteiger partial charge in [-0.25, -0.2) is 0 Å². The third-order valence-electron chi connectivity index (χ3n) is 3.81. The molecule has 1 heterocycles. The number of rotatable bonds is 5.